The Morgan fingerprint density at radius 3 is 2.89 bits per heavy atom. The number of anilines is 1. The van der Waals surface area contributed by atoms with Crippen molar-refractivity contribution < 1.29 is 0 Å². The molecular formula is C15H20N4. The van der Waals surface area contributed by atoms with Crippen LogP contribution in [-0.2, 0) is 0 Å². The highest BCUT2D eigenvalue weighted by molar-refractivity contribution is 5.90. The van der Waals surface area contributed by atoms with E-state index in [0.29, 0.717) is 0 Å². The fourth-order valence-electron chi connectivity index (χ4n) is 3.01. The highest BCUT2D eigenvalue weighted by Crippen LogP contribution is 2.29. The predicted molar refractivity (Wildman–Crippen MR) is 77.4 cm³/mol. The van der Waals surface area contributed by atoms with Crippen LogP contribution in [0.1, 0.15) is 31.0 Å². The van der Waals surface area contributed by atoms with Gasteiger partial charge in [0.1, 0.15) is 12.1 Å². The molecule has 100 valence electrons. The van der Waals surface area contributed by atoms with Gasteiger partial charge >= 0.3 is 0 Å². The molecule has 0 radical (unpaired) electrons. The minimum Gasteiger partial charge on any atom is -0.356 e. The Bertz CT molecular complexity index is 608. The van der Waals surface area contributed by atoms with E-state index in [1.807, 2.05) is 6.92 Å². The highest BCUT2D eigenvalue weighted by atomic mass is 15.2. The average Bonchev–Trinajstić information content (AvgIpc) is 2.37. The zero-order valence-corrected chi connectivity index (χ0v) is 11.8. The van der Waals surface area contributed by atoms with Gasteiger partial charge in [-0.1, -0.05) is 6.92 Å². The summed E-state index contributed by atoms with van der Waals surface area (Å²) in [6, 6.07) is 2.11. The van der Waals surface area contributed by atoms with Crippen molar-refractivity contribution in [2.75, 3.05) is 18.0 Å². The molecule has 0 N–H and O–H groups in total. The van der Waals surface area contributed by atoms with Gasteiger partial charge in [0.05, 0.1) is 5.39 Å². The molecule has 0 spiro atoms. The summed E-state index contributed by atoms with van der Waals surface area (Å²) in [4.78, 5) is 15.8. The molecule has 0 aromatic carbocycles. The molecule has 3 rings (SSSR count). The third-order valence-corrected chi connectivity index (χ3v) is 3.87. The van der Waals surface area contributed by atoms with Gasteiger partial charge in [0.2, 0.25) is 0 Å². The van der Waals surface area contributed by atoms with Crippen molar-refractivity contribution in [2.24, 2.45) is 5.92 Å². The molecule has 0 unspecified atom stereocenters. The van der Waals surface area contributed by atoms with Crippen LogP contribution in [-0.4, -0.2) is 28.0 Å². The quantitative estimate of drug-likeness (QED) is 0.786. The number of pyridine rings is 1. The highest BCUT2D eigenvalue weighted by Gasteiger charge is 2.20. The molecular weight excluding hydrogens is 236 g/mol. The molecule has 1 aliphatic rings. The number of rotatable bonds is 1. The van der Waals surface area contributed by atoms with Crippen molar-refractivity contribution in [3.63, 3.8) is 0 Å². The van der Waals surface area contributed by atoms with Crippen LogP contribution in [0, 0.1) is 19.8 Å². The number of piperidine rings is 1. The summed E-state index contributed by atoms with van der Waals surface area (Å²) in [6.45, 7) is 8.61. The number of nitrogens with zero attached hydrogens (tertiary/aromatic N) is 4. The smallest absolute Gasteiger partial charge is 0.165 e. The topological polar surface area (TPSA) is 41.9 Å². The molecule has 4 nitrogen and oxygen atoms in total. The summed E-state index contributed by atoms with van der Waals surface area (Å²) in [6.07, 6.45) is 4.20. The second kappa shape index (κ2) is 4.76. The summed E-state index contributed by atoms with van der Waals surface area (Å²) < 4.78 is 0. The van der Waals surface area contributed by atoms with Crippen LogP contribution >= 0.6 is 0 Å². The Morgan fingerprint density at radius 2 is 2.11 bits per heavy atom. The van der Waals surface area contributed by atoms with Crippen LogP contribution < -0.4 is 4.90 Å². The Morgan fingerprint density at radius 1 is 1.26 bits per heavy atom. The molecule has 2 aromatic heterocycles. The fraction of sp³-hybridized carbons (Fsp3) is 0.533. The molecule has 0 saturated carbocycles. The first-order chi connectivity index (χ1) is 9.15. The largest absolute Gasteiger partial charge is 0.356 e. The van der Waals surface area contributed by atoms with E-state index >= 15 is 0 Å². The summed E-state index contributed by atoms with van der Waals surface area (Å²) in [5.74, 6) is 1.79. The van der Waals surface area contributed by atoms with E-state index in [2.05, 4.69) is 39.8 Å². The number of hydrogen-bond acceptors (Lipinski definition) is 4. The van der Waals surface area contributed by atoms with Crippen molar-refractivity contribution in [3.05, 3.63) is 23.7 Å². The zero-order valence-electron chi connectivity index (χ0n) is 11.8. The van der Waals surface area contributed by atoms with Gasteiger partial charge in [0.15, 0.2) is 5.65 Å². The van der Waals surface area contributed by atoms with Crippen LogP contribution in [0.25, 0.3) is 11.0 Å². The van der Waals surface area contributed by atoms with E-state index in [1.165, 1.54) is 18.4 Å². The molecule has 1 fully saturated rings. The molecule has 1 saturated heterocycles. The van der Waals surface area contributed by atoms with Crippen LogP contribution in [0.2, 0.25) is 0 Å². The first-order valence-corrected chi connectivity index (χ1v) is 6.99. The number of aromatic nitrogens is 3. The zero-order chi connectivity index (χ0) is 13.4. The monoisotopic (exact) mass is 256 g/mol. The van der Waals surface area contributed by atoms with Gasteiger partial charge in [-0.25, -0.2) is 15.0 Å². The Kier molecular flexibility index (Phi) is 3.09. The maximum Gasteiger partial charge on any atom is 0.165 e. The lowest BCUT2D eigenvalue weighted by Crippen LogP contribution is -2.35. The fourth-order valence-corrected chi connectivity index (χ4v) is 3.01. The van der Waals surface area contributed by atoms with E-state index in [1.54, 1.807) is 6.33 Å². The molecule has 3 heterocycles. The third-order valence-electron chi connectivity index (χ3n) is 3.87. The number of fused-ring (bicyclic) bond motifs is 1. The average molecular weight is 256 g/mol. The second-order valence-electron chi connectivity index (χ2n) is 5.67. The van der Waals surface area contributed by atoms with Gasteiger partial charge in [-0.15, -0.1) is 0 Å². The lowest BCUT2D eigenvalue weighted by Gasteiger charge is -2.32. The predicted octanol–water partition coefficient (Wildman–Crippen LogP) is 2.88. The molecule has 1 aliphatic heterocycles. The summed E-state index contributed by atoms with van der Waals surface area (Å²) in [7, 11) is 0. The molecule has 0 amide bonds. The molecule has 1 atom stereocenters. The van der Waals surface area contributed by atoms with Crippen molar-refractivity contribution in [1.82, 2.24) is 15.0 Å². The molecule has 2 aromatic rings. The van der Waals surface area contributed by atoms with Crippen LogP contribution in [0.4, 0.5) is 5.82 Å². The van der Waals surface area contributed by atoms with E-state index in [4.69, 9.17) is 0 Å². The van der Waals surface area contributed by atoms with E-state index in [-0.39, 0.29) is 0 Å². The number of hydrogen-bond donors (Lipinski definition) is 0. The van der Waals surface area contributed by atoms with Crippen molar-refractivity contribution in [1.29, 1.82) is 0 Å². The normalized spacial score (nSPS) is 19.9. The standard InChI is InChI=1S/C15H20N4/c1-10-5-4-6-19(8-10)15-13-11(2)7-12(3)18-14(13)16-9-17-15/h7,9-10H,4-6,8H2,1-3H3/t10-/m1/s1. The van der Waals surface area contributed by atoms with E-state index < -0.39 is 0 Å². The first kappa shape index (κ1) is 12.3. The molecule has 0 bridgehead atoms. The van der Waals surface area contributed by atoms with Crippen LogP contribution in [0.5, 0.6) is 0 Å². The molecule has 0 aliphatic carbocycles. The minimum absolute atomic E-state index is 0.734. The molecule has 19 heavy (non-hydrogen) atoms. The minimum atomic E-state index is 0.734. The first-order valence-electron chi connectivity index (χ1n) is 6.99. The third kappa shape index (κ3) is 2.27. The van der Waals surface area contributed by atoms with Crippen LogP contribution in [0.15, 0.2) is 12.4 Å². The van der Waals surface area contributed by atoms with Crippen LogP contribution in [0.3, 0.4) is 0 Å². The van der Waals surface area contributed by atoms with E-state index in [0.717, 1.165) is 41.6 Å². The van der Waals surface area contributed by atoms with Gasteiger partial charge in [-0.05, 0) is 44.2 Å². The van der Waals surface area contributed by atoms with Gasteiger partial charge < -0.3 is 4.90 Å². The molecule has 4 heteroatoms. The van der Waals surface area contributed by atoms with Crippen molar-refractivity contribution >= 4 is 16.9 Å². The lowest BCUT2D eigenvalue weighted by molar-refractivity contribution is 0.445. The summed E-state index contributed by atoms with van der Waals surface area (Å²) in [5, 5.41) is 1.11. The SMILES string of the molecule is Cc1cc(C)c2c(N3CCC[C@@H](C)C3)ncnc2n1. The number of aryl methyl sites for hydroxylation is 2. The van der Waals surface area contributed by atoms with E-state index in [9.17, 15) is 0 Å². The lowest BCUT2D eigenvalue weighted by atomic mass is 10.00. The summed E-state index contributed by atoms with van der Waals surface area (Å²) >= 11 is 0. The van der Waals surface area contributed by atoms with Gasteiger partial charge in [0, 0.05) is 18.8 Å². The van der Waals surface area contributed by atoms with Crippen molar-refractivity contribution in [3.8, 4) is 0 Å². The second-order valence-corrected chi connectivity index (χ2v) is 5.67. The Hall–Kier alpha value is -1.71. The Labute approximate surface area is 113 Å². The van der Waals surface area contributed by atoms with Gasteiger partial charge in [-0.3, -0.25) is 0 Å². The van der Waals surface area contributed by atoms with Crippen molar-refractivity contribution in [2.45, 2.75) is 33.6 Å². The maximum absolute atomic E-state index is 4.53. The maximum atomic E-state index is 4.53. The Balaban J connectivity index is 2.13. The summed E-state index contributed by atoms with van der Waals surface area (Å²) in [5.41, 5.74) is 3.05. The van der Waals surface area contributed by atoms with Gasteiger partial charge in [-0.2, -0.15) is 0 Å². The van der Waals surface area contributed by atoms with Gasteiger partial charge in [0.25, 0.3) is 0 Å².